The topological polar surface area (TPSA) is 88.9 Å². The summed E-state index contributed by atoms with van der Waals surface area (Å²) in [6.07, 6.45) is 0. The Morgan fingerprint density at radius 3 is 2.63 bits per heavy atom. The van der Waals surface area contributed by atoms with Crippen molar-refractivity contribution in [3.63, 3.8) is 0 Å². The van der Waals surface area contributed by atoms with E-state index in [9.17, 15) is 9.59 Å². The molecular formula is C20H19BrClN5O2S. The van der Waals surface area contributed by atoms with Crippen molar-refractivity contribution in [2.45, 2.75) is 18.1 Å². The molecule has 10 heteroatoms. The van der Waals surface area contributed by atoms with E-state index in [1.54, 1.807) is 41.9 Å². The lowest BCUT2D eigenvalue weighted by Gasteiger charge is -2.13. The van der Waals surface area contributed by atoms with Crippen LogP contribution in [0.5, 0.6) is 0 Å². The summed E-state index contributed by atoms with van der Waals surface area (Å²) in [5.74, 6) is 0.401. The summed E-state index contributed by atoms with van der Waals surface area (Å²) in [5.41, 5.74) is 1.22. The van der Waals surface area contributed by atoms with Gasteiger partial charge in [0.25, 0.3) is 5.91 Å². The molecule has 0 aliphatic carbocycles. The number of amides is 2. The Bertz CT molecular complexity index is 1060. The molecule has 3 rings (SSSR count). The molecule has 0 aliphatic rings. The minimum Gasteiger partial charge on any atom is -0.342 e. The van der Waals surface area contributed by atoms with Crippen LogP contribution in [-0.4, -0.2) is 32.3 Å². The fourth-order valence-corrected chi connectivity index (χ4v) is 3.88. The largest absolute Gasteiger partial charge is 0.342 e. The minimum atomic E-state index is -0.343. The Balaban J connectivity index is 1.57. The van der Waals surface area contributed by atoms with Gasteiger partial charge in [0, 0.05) is 22.8 Å². The molecule has 0 bridgehead atoms. The Labute approximate surface area is 191 Å². The van der Waals surface area contributed by atoms with Crippen LogP contribution in [0.15, 0.2) is 58.2 Å². The molecule has 0 saturated heterocycles. The second kappa shape index (κ2) is 10.1. The first-order valence-electron chi connectivity index (χ1n) is 8.98. The van der Waals surface area contributed by atoms with Gasteiger partial charge in [0.1, 0.15) is 0 Å². The number of hydrogen-bond acceptors (Lipinski definition) is 5. The third-order valence-electron chi connectivity index (χ3n) is 4.18. The van der Waals surface area contributed by atoms with E-state index in [-0.39, 0.29) is 23.6 Å². The third-order valence-corrected chi connectivity index (χ3v) is 6.41. The zero-order valence-electron chi connectivity index (χ0n) is 16.2. The van der Waals surface area contributed by atoms with Gasteiger partial charge in [0.15, 0.2) is 11.0 Å². The maximum absolute atomic E-state index is 12.3. The van der Waals surface area contributed by atoms with Crippen molar-refractivity contribution in [2.75, 3.05) is 11.1 Å². The van der Waals surface area contributed by atoms with Gasteiger partial charge in [-0.3, -0.25) is 9.59 Å². The molecule has 2 amide bonds. The number of halogens is 2. The van der Waals surface area contributed by atoms with Crippen molar-refractivity contribution in [2.24, 2.45) is 7.05 Å². The van der Waals surface area contributed by atoms with Crippen LogP contribution in [0.1, 0.15) is 29.1 Å². The average molecular weight is 509 g/mol. The number of aromatic nitrogens is 3. The van der Waals surface area contributed by atoms with Gasteiger partial charge in [0.05, 0.1) is 16.8 Å². The predicted molar refractivity (Wildman–Crippen MR) is 122 cm³/mol. The fraction of sp³-hybridized carbons (Fsp3) is 0.200. The first-order chi connectivity index (χ1) is 14.3. The molecule has 0 unspecified atom stereocenters. The first-order valence-corrected chi connectivity index (χ1v) is 11.1. The molecule has 2 N–H and O–H groups in total. The zero-order chi connectivity index (χ0) is 21.7. The van der Waals surface area contributed by atoms with Crippen molar-refractivity contribution >= 4 is 56.8 Å². The number of carbonyl (C=O) groups excluding carboxylic acids is 2. The second-order valence-corrected chi connectivity index (χ2v) is 8.63. The van der Waals surface area contributed by atoms with Crippen LogP contribution in [0, 0.1) is 0 Å². The van der Waals surface area contributed by atoms with E-state index in [0.29, 0.717) is 31.7 Å². The number of thioether (sulfide) groups is 1. The number of anilines is 1. The van der Waals surface area contributed by atoms with E-state index in [0.717, 1.165) is 0 Å². The van der Waals surface area contributed by atoms with Gasteiger partial charge in [-0.25, -0.2) is 0 Å². The Kier molecular flexibility index (Phi) is 7.52. The summed E-state index contributed by atoms with van der Waals surface area (Å²) in [4.78, 5) is 24.6. The minimum absolute atomic E-state index is 0.164. The number of rotatable bonds is 7. The molecular weight excluding hydrogens is 490 g/mol. The number of benzene rings is 2. The van der Waals surface area contributed by atoms with E-state index in [4.69, 9.17) is 11.6 Å². The van der Waals surface area contributed by atoms with E-state index in [1.165, 1.54) is 11.8 Å². The number of nitrogens with zero attached hydrogens (tertiary/aromatic N) is 3. The molecule has 1 heterocycles. The van der Waals surface area contributed by atoms with Crippen LogP contribution in [0.4, 0.5) is 5.69 Å². The van der Waals surface area contributed by atoms with Crippen LogP contribution in [-0.2, 0) is 11.8 Å². The Morgan fingerprint density at radius 1 is 1.20 bits per heavy atom. The highest BCUT2D eigenvalue weighted by Crippen LogP contribution is 2.26. The summed E-state index contributed by atoms with van der Waals surface area (Å²) in [5, 5.41) is 15.2. The zero-order valence-corrected chi connectivity index (χ0v) is 19.4. The number of nitrogens with one attached hydrogen (secondary N) is 2. The molecule has 156 valence electrons. The van der Waals surface area contributed by atoms with Gasteiger partial charge >= 0.3 is 0 Å². The number of carbonyl (C=O) groups is 2. The maximum Gasteiger partial charge on any atom is 0.251 e. The van der Waals surface area contributed by atoms with Gasteiger partial charge < -0.3 is 15.2 Å². The third kappa shape index (κ3) is 5.62. The van der Waals surface area contributed by atoms with Crippen LogP contribution >= 0.6 is 39.3 Å². The van der Waals surface area contributed by atoms with Crippen molar-refractivity contribution < 1.29 is 9.59 Å². The van der Waals surface area contributed by atoms with Gasteiger partial charge in [-0.1, -0.05) is 41.6 Å². The van der Waals surface area contributed by atoms with Crippen LogP contribution in [0.2, 0.25) is 5.02 Å². The van der Waals surface area contributed by atoms with Gasteiger partial charge in [-0.15, -0.1) is 10.2 Å². The average Bonchev–Trinajstić information content (AvgIpc) is 3.10. The highest BCUT2D eigenvalue weighted by molar-refractivity contribution is 9.10. The Hall–Kier alpha value is -2.36. The monoisotopic (exact) mass is 507 g/mol. The summed E-state index contributed by atoms with van der Waals surface area (Å²) in [7, 11) is 1.80. The molecule has 0 aliphatic heterocycles. The lowest BCUT2D eigenvalue weighted by atomic mass is 10.2. The maximum atomic E-state index is 12.3. The molecule has 1 atom stereocenters. The Morgan fingerprint density at radius 2 is 1.93 bits per heavy atom. The van der Waals surface area contributed by atoms with Crippen molar-refractivity contribution in [3.05, 3.63) is 69.4 Å². The van der Waals surface area contributed by atoms with E-state index in [1.807, 2.05) is 25.1 Å². The normalized spacial score (nSPS) is 11.7. The van der Waals surface area contributed by atoms with E-state index >= 15 is 0 Å². The molecule has 2 aromatic carbocycles. The van der Waals surface area contributed by atoms with Crippen LogP contribution in [0.3, 0.4) is 0 Å². The molecule has 3 aromatic rings. The standard InChI is InChI=1S/C20H19BrClN5O2S/c1-12(23-19(29)13-6-4-3-5-7-13)18-25-26-20(27(18)2)30-11-17(28)24-14-8-9-16(22)15(21)10-14/h3-10,12H,11H2,1-2H3,(H,23,29)(H,24,28)/t12-/m1/s1. The molecule has 0 radical (unpaired) electrons. The summed E-state index contributed by atoms with van der Waals surface area (Å²) in [6.45, 7) is 1.84. The van der Waals surface area contributed by atoms with E-state index < -0.39 is 0 Å². The highest BCUT2D eigenvalue weighted by Gasteiger charge is 2.19. The van der Waals surface area contributed by atoms with Crippen LogP contribution in [0.25, 0.3) is 0 Å². The van der Waals surface area contributed by atoms with Crippen molar-refractivity contribution in [1.29, 1.82) is 0 Å². The highest BCUT2D eigenvalue weighted by atomic mass is 79.9. The molecule has 0 spiro atoms. The van der Waals surface area contributed by atoms with Gasteiger partial charge in [0.2, 0.25) is 5.91 Å². The molecule has 7 nitrogen and oxygen atoms in total. The SMILES string of the molecule is C[C@@H](NC(=O)c1ccccc1)c1nnc(SCC(=O)Nc2ccc(Cl)c(Br)c2)n1C. The van der Waals surface area contributed by atoms with Crippen molar-refractivity contribution in [1.82, 2.24) is 20.1 Å². The summed E-state index contributed by atoms with van der Waals surface area (Å²) >= 11 is 10.6. The molecule has 30 heavy (non-hydrogen) atoms. The second-order valence-electron chi connectivity index (χ2n) is 6.43. The van der Waals surface area contributed by atoms with Crippen molar-refractivity contribution in [3.8, 4) is 0 Å². The van der Waals surface area contributed by atoms with E-state index in [2.05, 4.69) is 36.8 Å². The van der Waals surface area contributed by atoms with Gasteiger partial charge in [-0.05, 0) is 53.2 Å². The molecule has 1 aromatic heterocycles. The molecule has 0 saturated carbocycles. The fourth-order valence-electron chi connectivity index (χ4n) is 2.66. The number of hydrogen-bond donors (Lipinski definition) is 2. The first kappa shape index (κ1) is 22.3. The van der Waals surface area contributed by atoms with Gasteiger partial charge in [-0.2, -0.15) is 0 Å². The quantitative estimate of drug-likeness (QED) is 0.460. The molecule has 0 fully saturated rings. The summed E-state index contributed by atoms with van der Waals surface area (Å²) in [6, 6.07) is 13.8. The van der Waals surface area contributed by atoms with Crippen LogP contribution < -0.4 is 10.6 Å². The lowest BCUT2D eigenvalue weighted by Crippen LogP contribution is -2.28. The lowest BCUT2D eigenvalue weighted by molar-refractivity contribution is -0.113. The smallest absolute Gasteiger partial charge is 0.251 e. The summed E-state index contributed by atoms with van der Waals surface area (Å²) < 4.78 is 2.48. The predicted octanol–water partition coefficient (Wildman–Crippen LogP) is 4.45.